The number of aromatic nitrogens is 1. The summed E-state index contributed by atoms with van der Waals surface area (Å²) in [4.78, 5) is 26.6. The van der Waals surface area contributed by atoms with Crippen molar-refractivity contribution in [3.8, 4) is 5.75 Å². The minimum Gasteiger partial charge on any atom is -0.497 e. The number of rotatable bonds is 6. The lowest BCUT2D eigenvalue weighted by atomic mass is 10.1. The molecule has 0 saturated carbocycles. The van der Waals surface area contributed by atoms with Gasteiger partial charge in [0.05, 0.1) is 12.6 Å². The number of carbonyl (C=O) groups excluding carboxylic acids is 2. The minimum atomic E-state index is -0.157. The number of hydrogen-bond acceptors (Lipinski definition) is 4. The van der Waals surface area contributed by atoms with Gasteiger partial charge in [0.25, 0.3) is 5.91 Å². The Morgan fingerprint density at radius 2 is 1.89 bits per heavy atom. The molecule has 3 aromatic rings. The summed E-state index contributed by atoms with van der Waals surface area (Å²) in [6.45, 7) is 0.527. The van der Waals surface area contributed by atoms with E-state index in [2.05, 4.69) is 0 Å². The summed E-state index contributed by atoms with van der Waals surface area (Å²) in [6.07, 6.45) is 1.10. The van der Waals surface area contributed by atoms with Gasteiger partial charge in [-0.25, -0.2) is 0 Å². The van der Waals surface area contributed by atoms with Gasteiger partial charge in [0, 0.05) is 34.6 Å². The first-order valence-corrected chi connectivity index (χ1v) is 8.93. The zero-order valence-corrected chi connectivity index (χ0v) is 16.3. The molecule has 0 amide bonds. The molecule has 0 fully saturated rings. The van der Waals surface area contributed by atoms with Crippen molar-refractivity contribution >= 4 is 34.7 Å². The Balaban J connectivity index is 2.29. The molecular weight excluding hydrogens is 364 g/mol. The Labute approximate surface area is 163 Å². The monoisotopic (exact) mass is 384 g/mol. The largest absolute Gasteiger partial charge is 0.497 e. The summed E-state index contributed by atoms with van der Waals surface area (Å²) in [5, 5.41) is 1.42. The second kappa shape index (κ2) is 7.94. The molecule has 1 aromatic heterocycles. The molecule has 27 heavy (non-hydrogen) atoms. The van der Waals surface area contributed by atoms with Gasteiger partial charge in [-0.05, 0) is 62.1 Å². The van der Waals surface area contributed by atoms with E-state index in [0.29, 0.717) is 22.9 Å². The third-order valence-corrected chi connectivity index (χ3v) is 4.69. The second-order valence-electron chi connectivity index (χ2n) is 6.56. The molecule has 0 aliphatic carbocycles. The average molecular weight is 385 g/mol. The van der Waals surface area contributed by atoms with Crippen LogP contribution in [-0.2, 0) is 17.8 Å². The number of ether oxygens (including phenoxy) is 1. The Morgan fingerprint density at radius 1 is 1.19 bits per heavy atom. The first-order valence-electron chi connectivity index (χ1n) is 8.55. The van der Waals surface area contributed by atoms with Gasteiger partial charge < -0.3 is 14.4 Å². The molecule has 0 radical (unpaired) electrons. The maximum Gasteiger partial charge on any atom is 0.262 e. The second-order valence-corrected chi connectivity index (χ2v) is 7.00. The lowest BCUT2D eigenvalue weighted by Crippen LogP contribution is -2.21. The third kappa shape index (κ3) is 3.75. The Kier molecular flexibility index (Phi) is 5.63. The fourth-order valence-corrected chi connectivity index (χ4v) is 3.37. The molecule has 140 valence electrons. The van der Waals surface area contributed by atoms with Crippen LogP contribution in [0.25, 0.3) is 10.9 Å². The van der Waals surface area contributed by atoms with Crippen LogP contribution in [0.2, 0.25) is 5.02 Å². The molecule has 6 heteroatoms. The van der Waals surface area contributed by atoms with Crippen LogP contribution in [0.15, 0.2) is 42.5 Å². The molecule has 2 aromatic carbocycles. The third-order valence-electron chi connectivity index (χ3n) is 4.44. The van der Waals surface area contributed by atoms with Gasteiger partial charge in [0.15, 0.2) is 0 Å². The van der Waals surface area contributed by atoms with Crippen molar-refractivity contribution in [2.24, 2.45) is 0 Å². The lowest BCUT2D eigenvalue weighted by Gasteiger charge is -2.15. The number of carbonyl (C=O) groups is 2. The first-order chi connectivity index (χ1) is 13.0. The zero-order chi connectivity index (χ0) is 19.6. The highest BCUT2D eigenvalue weighted by Crippen LogP contribution is 2.31. The molecule has 0 N–H and O–H groups in total. The Bertz CT molecular complexity index is 991. The highest BCUT2D eigenvalue weighted by molar-refractivity contribution is 6.30. The molecule has 0 unspecified atom stereocenters. The minimum absolute atomic E-state index is 0.157. The molecule has 1 heterocycles. The van der Waals surface area contributed by atoms with Gasteiger partial charge in [0.1, 0.15) is 12.0 Å². The summed E-state index contributed by atoms with van der Waals surface area (Å²) in [7, 11) is 5.46. The molecule has 0 aliphatic heterocycles. The van der Waals surface area contributed by atoms with Gasteiger partial charge in [-0.1, -0.05) is 11.6 Å². The summed E-state index contributed by atoms with van der Waals surface area (Å²) >= 11 is 5.96. The van der Waals surface area contributed by atoms with Crippen molar-refractivity contribution in [1.82, 2.24) is 9.47 Å². The van der Waals surface area contributed by atoms with E-state index in [0.717, 1.165) is 28.4 Å². The van der Waals surface area contributed by atoms with Crippen molar-refractivity contribution < 1.29 is 14.3 Å². The summed E-state index contributed by atoms with van der Waals surface area (Å²) < 4.78 is 7.03. The van der Waals surface area contributed by atoms with E-state index in [1.807, 2.05) is 37.2 Å². The topological polar surface area (TPSA) is 51.5 Å². The van der Waals surface area contributed by atoms with E-state index >= 15 is 0 Å². The van der Waals surface area contributed by atoms with E-state index < -0.39 is 0 Å². The number of nitrogens with zero attached hydrogens (tertiary/aromatic N) is 2. The molecule has 3 rings (SSSR count). The van der Waals surface area contributed by atoms with E-state index in [-0.39, 0.29) is 12.3 Å². The predicted molar refractivity (Wildman–Crippen MR) is 107 cm³/mol. The van der Waals surface area contributed by atoms with Gasteiger partial charge in [-0.15, -0.1) is 0 Å². The average Bonchev–Trinajstić information content (AvgIpc) is 2.94. The van der Waals surface area contributed by atoms with Crippen LogP contribution in [0.4, 0.5) is 0 Å². The smallest absolute Gasteiger partial charge is 0.262 e. The number of aldehydes is 1. The number of benzene rings is 2. The van der Waals surface area contributed by atoms with Gasteiger partial charge in [0.2, 0.25) is 0 Å². The van der Waals surface area contributed by atoms with E-state index in [1.165, 1.54) is 0 Å². The first kappa shape index (κ1) is 19.1. The van der Waals surface area contributed by atoms with Crippen LogP contribution in [0.5, 0.6) is 5.75 Å². The standard InChI is InChI=1S/C21H21ClN2O3/c1-23(2)13-20-17(10-11-25)18-12-16(27-3)8-9-19(18)24(20)21(26)14-4-6-15(22)7-5-14/h4-9,11-12H,10,13H2,1-3H3. The van der Waals surface area contributed by atoms with E-state index in [9.17, 15) is 9.59 Å². The molecule has 5 nitrogen and oxygen atoms in total. The highest BCUT2D eigenvalue weighted by Gasteiger charge is 2.23. The molecule has 0 atom stereocenters. The van der Waals surface area contributed by atoms with Crippen molar-refractivity contribution in [2.75, 3.05) is 21.2 Å². The fourth-order valence-electron chi connectivity index (χ4n) is 3.24. The predicted octanol–water partition coefficient (Wildman–Crippen LogP) is 3.79. The fraction of sp³-hybridized carbons (Fsp3) is 0.238. The van der Waals surface area contributed by atoms with Crippen molar-refractivity contribution in [1.29, 1.82) is 0 Å². The molecule has 0 saturated heterocycles. The number of methoxy groups -OCH3 is 1. The summed E-state index contributed by atoms with van der Waals surface area (Å²) in [5.74, 6) is 0.526. The molecular formula is C21H21ClN2O3. The Morgan fingerprint density at radius 3 is 2.48 bits per heavy atom. The number of hydrogen-bond donors (Lipinski definition) is 0. The maximum atomic E-state index is 13.3. The lowest BCUT2D eigenvalue weighted by molar-refractivity contribution is -0.107. The van der Waals surface area contributed by atoms with Crippen LogP contribution in [0.1, 0.15) is 21.6 Å². The van der Waals surface area contributed by atoms with Crippen LogP contribution in [0, 0.1) is 0 Å². The van der Waals surface area contributed by atoms with E-state index in [1.54, 1.807) is 35.9 Å². The molecule has 0 bridgehead atoms. The number of halogens is 1. The van der Waals surface area contributed by atoms with Gasteiger partial charge in [-0.3, -0.25) is 9.36 Å². The number of fused-ring (bicyclic) bond motifs is 1. The van der Waals surface area contributed by atoms with Crippen molar-refractivity contribution in [2.45, 2.75) is 13.0 Å². The SMILES string of the molecule is COc1ccc2c(c1)c(CC=O)c(CN(C)C)n2C(=O)c1ccc(Cl)cc1. The Hall–Kier alpha value is -2.63. The van der Waals surface area contributed by atoms with Crippen LogP contribution in [-0.4, -0.2) is 42.9 Å². The van der Waals surface area contributed by atoms with Crippen molar-refractivity contribution in [3.63, 3.8) is 0 Å². The highest BCUT2D eigenvalue weighted by atomic mass is 35.5. The molecule has 0 spiro atoms. The van der Waals surface area contributed by atoms with Gasteiger partial charge >= 0.3 is 0 Å². The normalized spacial score (nSPS) is 11.1. The molecule has 0 aliphatic rings. The summed E-state index contributed by atoms with van der Waals surface area (Å²) in [6, 6.07) is 12.4. The quantitative estimate of drug-likeness (QED) is 0.607. The van der Waals surface area contributed by atoms with Crippen LogP contribution < -0.4 is 4.74 Å². The van der Waals surface area contributed by atoms with Crippen LogP contribution in [0.3, 0.4) is 0 Å². The summed E-state index contributed by atoms with van der Waals surface area (Å²) in [5.41, 5.74) is 2.93. The van der Waals surface area contributed by atoms with E-state index in [4.69, 9.17) is 16.3 Å². The van der Waals surface area contributed by atoms with Crippen LogP contribution >= 0.6 is 11.6 Å². The van der Waals surface area contributed by atoms with Gasteiger partial charge in [-0.2, -0.15) is 0 Å². The van der Waals surface area contributed by atoms with Crippen molar-refractivity contribution in [3.05, 3.63) is 64.3 Å². The maximum absolute atomic E-state index is 13.3. The zero-order valence-electron chi connectivity index (χ0n) is 15.5.